The molecule has 0 amide bonds. The third-order valence-electron chi connectivity index (χ3n) is 3.46. The Morgan fingerprint density at radius 2 is 1.91 bits per heavy atom. The smallest absolute Gasteiger partial charge is 0.175 e. The average Bonchev–Trinajstić information content (AvgIpc) is 2.55. The van der Waals surface area contributed by atoms with Gasteiger partial charge in [0.05, 0.1) is 18.2 Å². The lowest BCUT2D eigenvalue weighted by atomic mass is 10.1. The molecule has 0 atom stereocenters. The van der Waals surface area contributed by atoms with Gasteiger partial charge in [-0.15, -0.1) is 0 Å². The summed E-state index contributed by atoms with van der Waals surface area (Å²) < 4.78 is 12.0. The number of ether oxygens (including phenoxy) is 2. The molecule has 0 fully saturated rings. The Labute approximate surface area is 140 Å². The van der Waals surface area contributed by atoms with Crippen LogP contribution in [0.5, 0.6) is 11.5 Å². The third kappa shape index (κ3) is 3.95. The fourth-order valence-electron chi connectivity index (χ4n) is 2.36. The van der Waals surface area contributed by atoms with Crippen molar-refractivity contribution in [3.8, 4) is 11.5 Å². The first-order chi connectivity index (χ1) is 10.7. The Hall–Kier alpha value is -1.68. The molecule has 3 nitrogen and oxygen atoms in total. The number of rotatable bonds is 7. The van der Waals surface area contributed by atoms with Crippen LogP contribution in [0.4, 0.5) is 5.69 Å². The van der Waals surface area contributed by atoms with Crippen molar-refractivity contribution in [3.05, 3.63) is 52.0 Å². The van der Waals surface area contributed by atoms with Gasteiger partial charge >= 0.3 is 0 Å². The summed E-state index contributed by atoms with van der Waals surface area (Å²) in [5, 5.41) is 3.49. The summed E-state index contributed by atoms with van der Waals surface area (Å²) in [4.78, 5) is 0. The van der Waals surface area contributed by atoms with Gasteiger partial charge in [-0.3, -0.25) is 0 Å². The maximum absolute atomic E-state index is 5.62. The minimum absolute atomic E-state index is 0.608. The molecule has 0 bridgehead atoms. The molecule has 4 heteroatoms. The number of hydrogen-bond donors (Lipinski definition) is 1. The van der Waals surface area contributed by atoms with Crippen LogP contribution < -0.4 is 14.8 Å². The fourth-order valence-corrected chi connectivity index (χ4v) is 2.96. The standard InChI is InChI=1S/C18H22BrNO2/c1-4-14-8-6-7-9-16(14)20-12-13-10-15(19)18(22-5-2)17(11-13)21-3/h6-11,20H,4-5,12H2,1-3H3. The minimum atomic E-state index is 0.608. The molecular weight excluding hydrogens is 342 g/mol. The molecule has 0 saturated heterocycles. The molecule has 0 aliphatic heterocycles. The summed E-state index contributed by atoms with van der Waals surface area (Å²) in [6.07, 6.45) is 1.01. The van der Waals surface area contributed by atoms with Crippen LogP contribution in [0.3, 0.4) is 0 Å². The van der Waals surface area contributed by atoms with E-state index in [1.165, 1.54) is 11.3 Å². The summed E-state index contributed by atoms with van der Waals surface area (Å²) in [7, 11) is 1.66. The number of halogens is 1. The zero-order chi connectivity index (χ0) is 15.9. The van der Waals surface area contributed by atoms with Crippen molar-refractivity contribution in [1.29, 1.82) is 0 Å². The van der Waals surface area contributed by atoms with Crippen LogP contribution in [0.25, 0.3) is 0 Å². The predicted octanol–water partition coefficient (Wildman–Crippen LogP) is 5.03. The molecule has 0 spiro atoms. The topological polar surface area (TPSA) is 30.5 Å². The van der Waals surface area contributed by atoms with Gasteiger partial charge in [0, 0.05) is 12.2 Å². The molecule has 0 radical (unpaired) electrons. The summed E-state index contributed by atoms with van der Waals surface area (Å²) in [5.74, 6) is 1.50. The second-order valence-electron chi connectivity index (χ2n) is 4.91. The van der Waals surface area contributed by atoms with Crippen LogP contribution in [-0.2, 0) is 13.0 Å². The molecular formula is C18H22BrNO2. The number of hydrogen-bond acceptors (Lipinski definition) is 3. The summed E-state index contributed by atoms with van der Waals surface area (Å²) in [5.41, 5.74) is 3.63. The van der Waals surface area contributed by atoms with E-state index in [0.29, 0.717) is 6.61 Å². The normalized spacial score (nSPS) is 10.4. The number of aryl methyl sites for hydroxylation is 1. The molecule has 0 aromatic heterocycles. The van der Waals surface area contributed by atoms with Crippen molar-refractivity contribution in [2.24, 2.45) is 0 Å². The first-order valence-electron chi connectivity index (χ1n) is 7.50. The summed E-state index contributed by atoms with van der Waals surface area (Å²) in [6, 6.07) is 12.5. The number of nitrogens with one attached hydrogen (secondary N) is 1. The van der Waals surface area contributed by atoms with E-state index >= 15 is 0 Å². The highest BCUT2D eigenvalue weighted by Crippen LogP contribution is 2.36. The largest absolute Gasteiger partial charge is 0.493 e. The van der Waals surface area contributed by atoms with Gasteiger partial charge in [0.25, 0.3) is 0 Å². The molecule has 0 aliphatic rings. The SMILES string of the molecule is CCOc1c(Br)cc(CNc2ccccc2CC)cc1OC. The summed E-state index contributed by atoms with van der Waals surface area (Å²) in [6.45, 7) is 5.47. The highest BCUT2D eigenvalue weighted by molar-refractivity contribution is 9.10. The van der Waals surface area contributed by atoms with Gasteiger partial charge in [0.15, 0.2) is 11.5 Å². The average molecular weight is 364 g/mol. The van der Waals surface area contributed by atoms with Crippen molar-refractivity contribution in [2.75, 3.05) is 19.0 Å². The number of anilines is 1. The fraction of sp³-hybridized carbons (Fsp3) is 0.333. The van der Waals surface area contributed by atoms with Crippen LogP contribution >= 0.6 is 15.9 Å². The Kier molecular flexibility index (Phi) is 6.13. The first kappa shape index (κ1) is 16.7. The minimum Gasteiger partial charge on any atom is -0.493 e. The highest BCUT2D eigenvalue weighted by Gasteiger charge is 2.11. The van der Waals surface area contributed by atoms with E-state index in [-0.39, 0.29) is 0 Å². The number of methoxy groups -OCH3 is 1. The molecule has 0 unspecified atom stereocenters. The van der Waals surface area contributed by atoms with Crippen LogP contribution in [0.1, 0.15) is 25.0 Å². The highest BCUT2D eigenvalue weighted by atomic mass is 79.9. The Balaban J connectivity index is 2.18. The molecule has 1 N–H and O–H groups in total. The zero-order valence-electron chi connectivity index (χ0n) is 13.3. The van der Waals surface area contributed by atoms with Crippen molar-refractivity contribution in [3.63, 3.8) is 0 Å². The molecule has 0 saturated carbocycles. The monoisotopic (exact) mass is 363 g/mol. The molecule has 118 valence electrons. The lowest BCUT2D eigenvalue weighted by molar-refractivity contribution is 0.308. The van der Waals surface area contributed by atoms with E-state index in [0.717, 1.165) is 34.5 Å². The maximum atomic E-state index is 5.62. The van der Waals surface area contributed by atoms with Crippen molar-refractivity contribution in [2.45, 2.75) is 26.8 Å². The van der Waals surface area contributed by atoms with Crippen LogP contribution in [0.2, 0.25) is 0 Å². The van der Waals surface area contributed by atoms with Gasteiger partial charge in [-0.05, 0) is 58.6 Å². The van der Waals surface area contributed by atoms with Gasteiger partial charge in [0.2, 0.25) is 0 Å². The molecule has 2 aromatic carbocycles. The van der Waals surface area contributed by atoms with E-state index in [4.69, 9.17) is 9.47 Å². The molecule has 2 aromatic rings. The van der Waals surface area contributed by atoms with Gasteiger partial charge < -0.3 is 14.8 Å². The maximum Gasteiger partial charge on any atom is 0.175 e. The molecule has 0 aliphatic carbocycles. The Bertz CT molecular complexity index is 628. The second kappa shape index (κ2) is 8.08. The Morgan fingerprint density at radius 1 is 1.14 bits per heavy atom. The summed E-state index contributed by atoms with van der Waals surface area (Å²) >= 11 is 3.56. The third-order valence-corrected chi connectivity index (χ3v) is 4.05. The van der Waals surface area contributed by atoms with Gasteiger partial charge in [-0.25, -0.2) is 0 Å². The van der Waals surface area contributed by atoms with Gasteiger partial charge in [-0.1, -0.05) is 25.1 Å². The first-order valence-corrected chi connectivity index (χ1v) is 8.29. The molecule has 0 heterocycles. The van der Waals surface area contributed by atoms with Gasteiger partial charge in [0.1, 0.15) is 0 Å². The lowest BCUT2D eigenvalue weighted by Crippen LogP contribution is -2.03. The van der Waals surface area contributed by atoms with Crippen molar-refractivity contribution < 1.29 is 9.47 Å². The second-order valence-corrected chi connectivity index (χ2v) is 5.76. The van der Waals surface area contributed by atoms with Crippen LogP contribution in [-0.4, -0.2) is 13.7 Å². The number of para-hydroxylation sites is 1. The zero-order valence-corrected chi connectivity index (χ0v) is 14.9. The van der Waals surface area contributed by atoms with Gasteiger partial charge in [-0.2, -0.15) is 0 Å². The Morgan fingerprint density at radius 3 is 2.59 bits per heavy atom. The molecule has 22 heavy (non-hydrogen) atoms. The van der Waals surface area contributed by atoms with Crippen LogP contribution in [0, 0.1) is 0 Å². The van der Waals surface area contributed by atoms with E-state index in [1.807, 2.05) is 13.0 Å². The lowest BCUT2D eigenvalue weighted by Gasteiger charge is -2.15. The number of benzene rings is 2. The van der Waals surface area contributed by atoms with E-state index in [1.54, 1.807) is 7.11 Å². The predicted molar refractivity (Wildman–Crippen MR) is 95.0 cm³/mol. The quantitative estimate of drug-likeness (QED) is 0.747. The van der Waals surface area contributed by atoms with E-state index < -0.39 is 0 Å². The van der Waals surface area contributed by atoms with Crippen molar-refractivity contribution in [1.82, 2.24) is 0 Å². The van der Waals surface area contributed by atoms with E-state index in [2.05, 4.69) is 58.5 Å². The van der Waals surface area contributed by atoms with E-state index in [9.17, 15) is 0 Å². The van der Waals surface area contributed by atoms with Crippen LogP contribution in [0.15, 0.2) is 40.9 Å². The van der Waals surface area contributed by atoms with Crippen molar-refractivity contribution >= 4 is 21.6 Å². The molecule has 2 rings (SSSR count).